The van der Waals surface area contributed by atoms with E-state index < -0.39 is 0 Å². The molecule has 2 rings (SSSR count). The van der Waals surface area contributed by atoms with Gasteiger partial charge in [-0.05, 0) is 36.9 Å². The number of hydrogen-bond acceptors (Lipinski definition) is 3. The van der Waals surface area contributed by atoms with Crippen molar-refractivity contribution in [1.82, 2.24) is 10.3 Å². The molecule has 0 amide bonds. The van der Waals surface area contributed by atoms with Gasteiger partial charge in [0.1, 0.15) is 12.4 Å². The zero-order valence-electron chi connectivity index (χ0n) is 11.2. The molecule has 0 saturated carbocycles. The van der Waals surface area contributed by atoms with Crippen LogP contribution in [0.25, 0.3) is 0 Å². The number of halogens is 2. The summed E-state index contributed by atoms with van der Waals surface area (Å²) in [5.41, 5.74) is 1.90. The van der Waals surface area contributed by atoms with Gasteiger partial charge in [-0.2, -0.15) is 0 Å². The van der Waals surface area contributed by atoms with Crippen molar-refractivity contribution < 1.29 is 4.74 Å². The van der Waals surface area contributed by atoms with E-state index >= 15 is 0 Å². The predicted octanol–water partition coefficient (Wildman–Crippen LogP) is 4.19. The van der Waals surface area contributed by atoms with E-state index in [1.54, 1.807) is 0 Å². The molecule has 0 atom stereocenters. The third-order valence-corrected chi connectivity index (χ3v) is 3.48. The summed E-state index contributed by atoms with van der Waals surface area (Å²) in [6.45, 7) is 4.17. The fourth-order valence-corrected chi connectivity index (χ4v) is 2.43. The van der Waals surface area contributed by atoms with Crippen LogP contribution in [0.3, 0.4) is 0 Å². The molecule has 3 nitrogen and oxygen atoms in total. The second-order valence-electron chi connectivity index (χ2n) is 4.26. The monoisotopic (exact) mass is 354 g/mol. The van der Waals surface area contributed by atoms with Crippen molar-refractivity contribution in [1.29, 1.82) is 0 Å². The number of nitrogens with zero attached hydrogens (tertiary/aromatic N) is 1. The predicted molar refractivity (Wildman–Crippen MR) is 85.1 cm³/mol. The van der Waals surface area contributed by atoms with Crippen LogP contribution in [0.2, 0.25) is 5.02 Å². The number of pyridine rings is 1. The van der Waals surface area contributed by atoms with E-state index in [-0.39, 0.29) is 0 Å². The third-order valence-electron chi connectivity index (χ3n) is 2.69. The molecule has 0 aliphatic heterocycles. The Kier molecular flexibility index (Phi) is 5.83. The van der Waals surface area contributed by atoms with Crippen molar-refractivity contribution in [2.45, 2.75) is 20.1 Å². The molecule has 1 N–H and O–H groups in total. The van der Waals surface area contributed by atoms with E-state index in [1.165, 1.54) is 0 Å². The van der Waals surface area contributed by atoms with Gasteiger partial charge in [0.25, 0.3) is 0 Å². The second kappa shape index (κ2) is 7.62. The highest BCUT2D eigenvalue weighted by Crippen LogP contribution is 2.28. The van der Waals surface area contributed by atoms with Gasteiger partial charge in [0, 0.05) is 11.0 Å². The van der Waals surface area contributed by atoms with E-state index in [4.69, 9.17) is 16.3 Å². The van der Waals surface area contributed by atoms with E-state index in [0.29, 0.717) is 17.4 Å². The van der Waals surface area contributed by atoms with Gasteiger partial charge in [-0.1, -0.05) is 40.5 Å². The highest BCUT2D eigenvalue weighted by molar-refractivity contribution is 9.10. The Hall–Kier alpha value is -1.10. The first-order valence-electron chi connectivity index (χ1n) is 6.42. The van der Waals surface area contributed by atoms with Crippen LogP contribution >= 0.6 is 27.5 Å². The summed E-state index contributed by atoms with van der Waals surface area (Å²) in [7, 11) is 0. The first-order chi connectivity index (χ1) is 9.69. The van der Waals surface area contributed by atoms with Crippen molar-refractivity contribution in [2.24, 2.45) is 0 Å². The molecule has 0 unspecified atom stereocenters. The Bertz CT molecular complexity index is 578. The first kappa shape index (κ1) is 15.3. The Morgan fingerprint density at radius 3 is 2.80 bits per heavy atom. The van der Waals surface area contributed by atoms with Crippen LogP contribution in [-0.4, -0.2) is 11.5 Å². The van der Waals surface area contributed by atoms with Gasteiger partial charge in [0.15, 0.2) is 0 Å². The molecule has 1 aromatic carbocycles. The van der Waals surface area contributed by atoms with Gasteiger partial charge >= 0.3 is 0 Å². The average molecular weight is 356 g/mol. The summed E-state index contributed by atoms with van der Waals surface area (Å²) < 4.78 is 6.63. The smallest absolute Gasteiger partial charge is 0.138 e. The number of rotatable bonds is 6. The van der Waals surface area contributed by atoms with Crippen molar-refractivity contribution in [3.05, 3.63) is 57.3 Å². The second-order valence-corrected chi connectivity index (χ2v) is 5.59. The first-order valence-corrected chi connectivity index (χ1v) is 7.59. The zero-order chi connectivity index (χ0) is 14.4. The molecular weight excluding hydrogens is 340 g/mol. The maximum atomic E-state index is 6.11. The molecule has 5 heteroatoms. The Labute approximate surface area is 132 Å². The minimum Gasteiger partial charge on any atom is -0.486 e. The van der Waals surface area contributed by atoms with Crippen molar-refractivity contribution in [3.8, 4) is 5.75 Å². The van der Waals surface area contributed by atoms with Crippen LogP contribution in [0.15, 0.2) is 40.9 Å². The Balaban J connectivity index is 1.99. The van der Waals surface area contributed by atoms with E-state index in [0.717, 1.165) is 29.0 Å². The number of nitrogens with one attached hydrogen (secondary N) is 1. The standard InChI is InChI=1S/C15H16BrClN2O/c1-2-18-9-12-4-3-5-13(19-12)10-20-15-7-6-11(16)8-14(15)17/h3-8,18H,2,9-10H2,1H3. The number of ether oxygens (including phenoxy) is 1. The molecular formula is C15H16BrClN2O. The fraction of sp³-hybridized carbons (Fsp3) is 0.267. The van der Waals surface area contributed by atoms with Crippen LogP contribution in [0.5, 0.6) is 5.75 Å². The molecule has 0 saturated heterocycles. The number of hydrogen-bond donors (Lipinski definition) is 1. The molecule has 106 valence electrons. The van der Waals surface area contributed by atoms with Gasteiger partial charge in [-0.25, -0.2) is 0 Å². The van der Waals surface area contributed by atoms with Crippen molar-refractivity contribution in [2.75, 3.05) is 6.54 Å². The highest BCUT2D eigenvalue weighted by atomic mass is 79.9. The van der Waals surface area contributed by atoms with E-state index in [1.807, 2.05) is 36.4 Å². The summed E-state index contributed by atoms with van der Waals surface area (Å²) in [6, 6.07) is 11.5. The number of benzene rings is 1. The van der Waals surface area contributed by atoms with Crippen LogP contribution in [-0.2, 0) is 13.2 Å². The van der Waals surface area contributed by atoms with Crippen molar-refractivity contribution >= 4 is 27.5 Å². The molecule has 1 heterocycles. The summed E-state index contributed by atoms with van der Waals surface area (Å²) in [6.07, 6.45) is 0. The van der Waals surface area contributed by atoms with Gasteiger partial charge in [0.05, 0.1) is 16.4 Å². The lowest BCUT2D eigenvalue weighted by Gasteiger charge is -2.09. The lowest BCUT2D eigenvalue weighted by molar-refractivity contribution is 0.301. The molecule has 20 heavy (non-hydrogen) atoms. The van der Waals surface area contributed by atoms with Crippen LogP contribution < -0.4 is 10.1 Å². The molecule has 0 fully saturated rings. The summed E-state index contributed by atoms with van der Waals surface area (Å²) in [5.74, 6) is 0.661. The number of aromatic nitrogens is 1. The Morgan fingerprint density at radius 2 is 2.05 bits per heavy atom. The van der Waals surface area contributed by atoms with Gasteiger partial charge in [-0.15, -0.1) is 0 Å². The Morgan fingerprint density at radius 1 is 1.25 bits per heavy atom. The third kappa shape index (κ3) is 4.47. The normalized spacial score (nSPS) is 10.6. The molecule has 0 aliphatic rings. The molecule has 0 bridgehead atoms. The lowest BCUT2D eigenvalue weighted by Crippen LogP contribution is -2.13. The molecule has 0 spiro atoms. The maximum absolute atomic E-state index is 6.11. The van der Waals surface area contributed by atoms with E-state index in [2.05, 4.69) is 33.2 Å². The molecule has 0 radical (unpaired) electrons. The zero-order valence-corrected chi connectivity index (χ0v) is 13.5. The topological polar surface area (TPSA) is 34.1 Å². The van der Waals surface area contributed by atoms with E-state index in [9.17, 15) is 0 Å². The van der Waals surface area contributed by atoms with Crippen molar-refractivity contribution in [3.63, 3.8) is 0 Å². The SMILES string of the molecule is CCNCc1cccc(COc2ccc(Br)cc2Cl)n1. The van der Waals surface area contributed by atoms with Gasteiger partial charge in [0.2, 0.25) is 0 Å². The summed E-state index contributed by atoms with van der Waals surface area (Å²) in [5, 5.41) is 3.84. The van der Waals surface area contributed by atoms with Crippen LogP contribution in [0.4, 0.5) is 0 Å². The largest absolute Gasteiger partial charge is 0.486 e. The van der Waals surface area contributed by atoms with Gasteiger partial charge < -0.3 is 10.1 Å². The minimum atomic E-state index is 0.404. The quantitative estimate of drug-likeness (QED) is 0.844. The minimum absolute atomic E-state index is 0.404. The van der Waals surface area contributed by atoms with Crippen LogP contribution in [0.1, 0.15) is 18.3 Å². The average Bonchev–Trinajstić information content (AvgIpc) is 2.45. The molecule has 0 aliphatic carbocycles. The lowest BCUT2D eigenvalue weighted by atomic mass is 10.3. The maximum Gasteiger partial charge on any atom is 0.138 e. The fourth-order valence-electron chi connectivity index (χ4n) is 1.71. The summed E-state index contributed by atoms with van der Waals surface area (Å²) >= 11 is 9.48. The molecule has 2 aromatic rings. The molecule has 1 aromatic heterocycles. The van der Waals surface area contributed by atoms with Crippen LogP contribution in [0, 0.1) is 0 Å². The summed E-state index contributed by atoms with van der Waals surface area (Å²) in [4.78, 5) is 4.53. The highest BCUT2D eigenvalue weighted by Gasteiger charge is 2.04. The van der Waals surface area contributed by atoms with Gasteiger partial charge in [-0.3, -0.25) is 4.98 Å².